The average Bonchev–Trinajstić information content (AvgIpc) is 3.55. The van der Waals surface area contributed by atoms with Gasteiger partial charge < -0.3 is 21.1 Å². The fourth-order valence-electron chi connectivity index (χ4n) is 7.44. The molecule has 3 amide bonds. The van der Waals surface area contributed by atoms with Crippen LogP contribution in [0.2, 0.25) is 0 Å². The average molecular weight is 754 g/mol. The summed E-state index contributed by atoms with van der Waals surface area (Å²) in [4.78, 5) is 53.3. The molecule has 1 aliphatic rings. The van der Waals surface area contributed by atoms with Gasteiger partial charge in [-0.05, 0) is 51.8 Å². The van der Waals surface area contributed by atoms with Crippen molar-refractivity contribution in [3.05, 3.63) is 167 Å². The van der Waals surface area contributed by atoms with Crippen LogP contribution in [0.5, 0.6) is 0 Å². The van der Waals surface area contributed by atoms with Crippen LogP contribution in [0.25, 0.3) is 11.1 Å². The molecule has 0 saturated carbocycles. The highest BCUT2D eigenvalue weighted by Crippen LogP contribution is 2.49. The molecule has 6 rings (SSSR count). The lowest BCUT2D eigenvalue weighted by Gasteiger charge is -2.36. The van der Waals surface area contributed by atoms with Crippen molar-refractivity contribution >= 4 is 35.5 Å². The summed E-state index contributed by atoms with van der Waals surface area (Å²) >= 11 is 1.56. The lowest BCUT2D eigenvalue weighted by atomic mass is 9.84. The third kappa shape index (κ3) is 8.68. The van der Waals surface area contributed by atoms with Gasteiger partial charge in [-0.3, -0.25) is 14.4 Å². The first kappa shape index (κ1) is 39.0. The lowest BCUT2D eigenvalue weighted by molar-refractivity contribution is -0.131. The van der Waals surface area contributed by atoms with Crippen LogP contribution in [-0.4, -0.2) is 48.1 Å². The van der Waals surface area contributed by atoms with Gasteiger partial charge in [0.25, 0.3) is 0 Å². The topological polar surface area (TPSA) is 128 Å². The molecule has 0 bridgehead atoms. The molecule has 0 heterocycles. The van der Waals surface area contributed by atoms with E-state index in [0.717, 1.165) is 38.9 Å². The molecule has 0 aliphatic heterocycles. The second-order valence-electron chi connectivity index (χ2n) is 13.8. The Morgan fingerprint density at radius 3 is 1.56 bits per heavy atom. The van der Waals surface area contributed by atoms with E-state index in [1.54, 1.807) is 25.6 Å². The lowest BCUT2D eigenvalue weighted by Crippen LogP contribution is -2.51. The summed E-state index contributed by atoms with van der Waals surface area (Å²) in [5.74, 6) is -2.07. The second-order valence-corrected chi connectivity index (χ2v) is 15.0. The standard InChI is InChI=1S/C46H47N3O5S/c1-3-40(48-44(52)41(4-2)49-45(53)54-29-39-37-26-16-14-24-35(37)36-25-15-17-27-38(36)39)42(50)28-31(43(47)51)30-55-46(32-18-8-5-9-19-32,33-20-10-6-11-21-33)34-22-12-7-13-23-34/h5-27,31,39-41H,3-4,28-30H2,1-2H3,(H2,47,51)(H,48,52)(H,49,53)/t31-,40-,41-/m0/s1. The molecule has 9 heteroatoms. The fourth-order valence-corrected chi connectivity index (χ4v) is 9.08. The van der Waals surface area contributed by atoms with Crippen LogP contribution in [0.1, 0.15) is 66.8 Å². The summed E-state index contributed by atoms with van der Waals surface area (Å²) in [7, 11) is 0. The van der Waals surface area contributed by atoms with Crippen molar-refractivity contribution in [1.82, 2.24) is 10.6 Å². The molecule has 55 heavy (non-hydrogen) atoms. The van der Waals surface area contributed by atoms with Crippen LogP contribution >= 0.6 is 11.8 Å². The van der Waals surface area contributed by atoms with E-state index in [0.29, 0.717) is 6.42 Å². The van der Waals surface area contributed by atoms with Crippen LogP contribution in [-0.2, 0) is 23.9 Å². The normalized spacial score (nSPS) is 13.8. The van der Waals surface area contributed by atoms with Crippen molar-refractivity contribution in [2.24, 2.45) is 11.7 Å². The summed E-state index contributed by atoms with van der Waals surface area (Å²) in [6.07, 6.45) is -0.284. The SMILES string of the molecule is CC[C@H](NC(=O)[C@H](CC)NC(=O)OCC1c2ccccc2-c2ccccc21)C(=O)C[C@@H](CSC(c1ccccc1)(c1ccccc1)c1ccccc1)C(N)=O. The number of carbonyl (C=O) groups is 4. The molecule has 0 saturated heterocycles. The number of fused-ring (bicyclic) bond motifs is 3. The van der Waals surface area contributed by atoms with Crippen molar-refractivity contribution in [3.8, 4) is 11.1 Å². The number of nitrogens with one attached hydrogen (secondary N) is 2. The van der Waals surface area contributed by atoms with Gasteiger partial charge in [-0.15, -0.1) is 11.8 Å². The minimum Gasteiger partial charge on any atom is -0.449 e. The smallest absolute Gasteiger partial charge is 0.407 e. The van der Waals surface area contributed by atoms with E-state index in [-0.39, 0.29) is 36.9 Å². The molecular formula is C46H47N3O5S. The number of ether oxygens (including phenoxy) is 1. The number of nitrogens with two attached hydrogens (primary N) is 1. The minimum absolute atomic E-state index is 0.112. The largest absolute Gasteiger partial charge is 0.449 e. The Kier molecular flexibility index (Phi) is 12.8. The molecular weight excluding hydrogens is 707 g/mol. The molecule has 4 N–H and O–H groups in total. The zero-order chi connectivity index (χ0) is 38.8. The zero-order valence-corrected chi connectivity index (χ0v) is 32.0. The Balaban J connectivity index is 1.11. The molecule has 5 aromatic carbocycles. The van der Waals surface area contributed by atoms with Crippen molar-refractivity contribution in [2.75, 3.05) is 12.4 Å². The highest BCUT2D eigenvalue weighted by atomic mass is 32.2. The number of ketones is 1. The van der Waals surface area contributed by atoms with Crippen molar-refractivity contribution in [2.45, 2.75) is 55.9 Å². The van der Waals surface area contributed by atoms with E-state index < -0.39 is 40.7 Å². The Labute approximate surface area is 327 Å². The van der Waals surface area contributed by atoms with Gasteiger partial charge in [-0.1, -0.05) is 153 Å². The van der Waals surface area contributed by atoms with E-state index in [1.165, 1.54) is 0 Å². The maximum absolute atomic E-state index is 13.8. The maximum atomic E-state index is 13.8. The van der Waals surface area contributed by atoms with Gasteiger partial charge in [0.2, 0.25) is 11.8 Å². The summed E-state index contributed by atoms with van der Waals surface area (Å²) in [6.45, 7) is 3.68. The molecule has 5 aromatic rings. The molecule has 0 spiro atoms. The van der Waals surface area contributed by atoms with E-state index in [1.807, 2.05) is 91.0 Å². The van der Waals surface area contributed by atoms with E-state index in [4.69, 9.17) is 10.5 Å². The van der Waals surface area contributed by atoms with E-state index in [2.05, 4.69) is 59.2 Å². The Morgan fingerprint density at radius 1 is 0.655 bits per heavy atom. The molecule has 0 radical (unpaired) electrons. The fraction of sp³-hybridized carbons (Fsp3) is 0.261. The maximum Gasteiger partial charge on any atom is 0.407 e. The van der Waals surface area contributed by atoms with Crippen LogP contribution in [0.3, 0.4) is 0 Å². The Hall–Kier alpha value is -5.67. The van der Waals surface area contributed by atoms with E-state index >= 15 is 0 Å². The molecule has 8 nitrogen and oxygen atoms in total. The highest BCUT2D eigenvalue weighted by molar-refractivity contribution is 8.00. The summed E-state index contributed by atoms with van der Waals surface area (Å²) in [5.41, 5.74) is 13.5. The first-order valence-corrected chi connectivity index (χ1v) is 19.8. The quantitative estimate of drug-likeness (QED) is 0.0827. The number of alkyl carbamates (subject to hydrolysis) is 1. The van der Waals surface area contributed by atoms with Crippen LogP contribution in [0.15, 0.2) is 140 Å². The molecule has 0 unspecified atom stereocenters. The second kappa shape index (κ2) is 18.1. The number of carbonyl (C=O) groups excluding carboxylic acids is 4. The molecule has 282 valence electrons. The zero-order valence-electron chi connectivity index (χ0n) is 31.2. The first-order chi connectivity index (χ1) is 26.8. The van der Waals surface area contributed by atoms with Crippen LogP contribution in [0.4, 0.5) is 4.79 Å². The number of hydrogen-bond acceptors (Lipinski definition) is 6. The van der Waals surface area contributed by atoms with Gasteiger partial charge >= 0.3 is 6.09 Å². The van der Waals surface area contributed by atoms with E-state index in [9.17, 15) is 19.2 Å². The Morgan fingerprint density at radius 2 is 1.11 bits per heavy atom. The number of benzene rings is 5. The van der Waals surface area contributed by atoms with Crippen molar-refractivity contribution in [1.29, 1.82) is 0 Å². The first-order valence-electron chi connectivity index (χ1n) is 18.8. The third-order valence-electron chi connectivity index (χ3n) is 10.4. The van der Waals surface area contributed by atoms with Gasteiger partial charge in [0.05, 0.1) is 16.7 Å². The number of amides is 3. The monoisotopic (exact) mass is 753 g/mol. The van der Waals surface area contributed by atoms with Gasteiger partial charge in [-0.25, -0.2) is 4.79 Å². The predicted octanol–water partition coefficient (Wildman–Crippen LogP) is 7.98. The van der Waals surface area contributed by atoms with Crippen molar-refractivity contribution < 1.29 is 23.9 Å². The summed E-state index contributed by atoms with van der Waals surface area (Å²) < 4.78 is 4.98. The van der Waals surface area contributed by atoms with Gasteiger partial charge in [0, 0.05) is 18.1 Å². The number of primary amides is 1. The minimum atomic E-state index is -0.928. The molecule has 3 atom stereocenters. The van der Waals surface area contributed by atoms with Gasteiger partial charge in [-0.2, -0.15) is 0 Å². The van der Waals surface area contributed by atoms with Gasteiger partial charge in [0.15, 0.2) is 5.78 Å². The van der Waals surface area contributed by atoms with Gasteiger partial charge in [0.1, 0.15) is 12.6 Å². The van der Waals surface area contributed by atoms with Crippen LogP contribution in [0, 0.1) is 5.92 Å². The molecule has 0 aromatic heterocycles. The highest BCUT2D eigenvalue weighted by Gasteiger charge is 2.39. The van der Waals surface area contributed by atoms with Crippen molar-refractivity contribution in [3.63, 3.8) is 0 Å². The van der Waals surface area contributed by atoms with Crippen LogP contribution < -0.4 is 16.4 Å². The number of thioether (sulfide) groups is 1. The summed E-state index contributed by atoms with van der Waals surface area (Å²) in [6, 6.07) is 44.6. The summed E-state index contributed by atoms with van der Waals surface area (Å²) in [5, 5.41) is 5.51. The molecule has 1 aliphatic carbocycles. The molecule has 0 fully saturated rings. The number of rotatable bonds is 17. The third-order valence-corrected chi connectivity index (χ3v) is 12.1. The predicted molar refractivity (Wildman–Crippen MR) is 218 cm³/mol. The number of Topliss-reactive ketones (excluding diaryl/α,β-unsaturated/α-hetero) is 1. The Bertz CT molecular complexity index is 1950. The number of hydrogen-bond donors (Lipinski definition) is 3.